The van der Waals surface area contributed by atoms with Crippen LogP contribution in [0.15, 0.2) is 47.7 Å². The van der Waals surface area contributed by atoms with Gasteiger partial charge in [-0.25, -0.2) is 0 Å². The molecule has 0 atom stereocenters. The zero-order valence-electron chi connectivity index (χ0n) is 14.5. The van der Waals surface area contributed by atoms with E-state index < -0.39 is 34.9 Å². The van der Waals surface area contributed by atoms with Crippen molar-refractivity contribution < 1.29 is 35.9 Å². The summed E-state index contributed by atoms with van der Waals surface area (Å²) in [4.78, 5) is 24.3. The van der Waals surface area contributed by atoms with Crippen LogP contribution in [0.5, 0.6) is 0 Å². The summed E-state index contributed by atoms with van der Waals surface area (Å²) in [6, 6.07) is 7.00. The number of carbonyl (C=O) groups is 2. The Morgan fingerprint density at radius 2 is 1.44 bits per heavy atom. The number of ketones is 2. The lowest BCUT2D eigenvalue weighted by molar-refractivity contribution is -0.175. The minimum absolute atomic E-state index is 0.297. The molecule has 0 spiro atoms. The van der Waals surface area contributed by atoms with E-state index in [1.54, 1.807) is 50.1 Å². The number of para-hydroxylation sites is 1. The molecule has 27 heavy (non-hydrogen) atoms. The lowest BCUT2D eigenvalue weighted by Gasteiger charge is -2.24. The normalized spacial score (nSPS) is 17.7. The number of hydrogen-bond donors (Lipinski definition) is 0. The third-order valence-corrected chi connectivity index (χ3v) is 4.35. The third-order valence-electron chi connectivity index (χ3n) is 4.35. The molecule has 9 heteroatoms. The smallest absolute Gasteiger partial charge is 0.347 e. The highest BCUT2D eigenvalue weighted by atomic mass is 19.4. The predicted molar refractivity (Wildman–Crippen MR) is 86.2 cm³/mol. The zero-order valence-corrected chi connectivity index (χ0v) is 14.5. The Hall–Kier alpha value is -2.58. The second kappa shape index (κ2) is 6.54. The monoisotopic (exact) mass is 391 g/mol. The van der Waals surface area contributed by atoms with Crippen molar-refractivity contribution in [2.24, 2.45) is 0 Å². The van der Waals surface area contributed by atoms with E-state index in [1.807, 2.05) is 0 Å². The summed E-state index contributed by atoms with van der Waals surface area (Å²) in [5, 5.41) is 0. The minimum Gasteiger partial charge on any atom is -0.347 e. The van der Waals surface area contributed by atoms with E-state index in [9.17, 15) is 35.9 Å². The SMILES string of the molecule is CN1/C(=C\C=C(C(=O)C(F)(F)F)C(=O)C(F)(F)F)C(C)(C)c2ccccc21. The van der Waals surface area contributed by atoms with E-state index in [1.165, 1.54) is 0 Å². The highest BCUT2D eigenvalue weighted by molar-refractivity contribution is 6.23. The van der Waals surface area contributed by atoms with Gasteiger partial charge in [0.1, 0.15) is 0 Å². The van der Waals surface area contributed by atoms with Crippen LogP contribution in [0.3, 0.4) is 0 Å². The average molecular weight is 391 g/mol. The highest BCUT2D eigenvalue weighted by Gasteiger charge is 2.50. The Bertz CT molecular complexity index is 818. The molecule has 1 aliphatic rings. The molecule has 1 aromatic carbocycles. The fourth-order valence-electron chi connectivity index (χ4n) is 3.02. The molecule has 0 aromatic heterocycles. The molecular weight excluding hydrogens is 376 g/mol. The lowest BCUT2D eigenvalue weighted by atomic mass is 9.83. The van der Waals surface area contributed by atoms with Crippen LogP contribution in [0.25, 0.3) is 0 Å². The number of Topliss-reactive ketones (excluding diaryl/α,β-unsaturated/α-hetero) is 2. The maximum absolute atomic E-state index is 12.7. The van der Waals surface area contributed by atoms with Crippen molar-refractivity contribution >= 4 is 17.3 Å². The molecule has 0 bridgehead atoms. The first kappa shape index (κ1) is 20.7. The highest BCUT2D eigenvalue weighted by Crippen LogP contribution is 2.46. The summed E-state index contributed by atoms with van der Waals surface area (Å²) in [5.74, 6) is -5.67. The van der Waals surface area contributed by atoms with Crippen LogP contribution in [-0.2, 0) is 15.0 Å². The summed E-state index contributed by atoms with van der Waals surface area (Å²) in [6.45, 7) is 3.46. The number of anilines is 1. The Morgan fingerprint density at radius 1 is 0.963 bits per heavy atom. The van der Waals surface area contributed by atoms with Gasteiger partial charge in [0.2, 0.25) is 0 Å². The zero-order chi connectivity index (χ0) is 20.8. The van der Waals surface area contributed by atoms with Crippen molar-refractivity contribution in [3.8, 4) is 0 Å². The number of likely N-dealkylation sites (N-methyl/N-ethyl adjacent to an activating group) is 1. The second-order valence-electron chi connectivity index (χ2n) is 6.49. The van der Waals surface area contributed by atoms with Crippen molar-refractivity contribution in [1.82, 2.24) is 0 Å². The minimum atomic E-state index is -5.61. The molecule has 0 N–H and O–H groups in total. The van der Waals surface area contributed by atoms with Crippen molar-refractivity contribution in [2.75, 3.05) is 11.9 Å². The predicted octanol–water partition coefficient (Wildman–Crippen LogP) is 4.49. The molecule has 0 fully saturated rings. The van der Waals surface area contributed by atoms with Gasteiger partial charge in [0.05, 0.1) is 5.57 Å². The van der Waals surface area contributed by atoms with Crippen LogP contribution in [-0.4, -0.2) is 31.0 Å². The number of alkyl halides is 6. The number of rotatable bonds is 3. The standard InChI is InChI=1S/C18H15F6NO2/c1-16(2)11-6-4-5-7-12(11)25(3)13(16)9-8-10(14(26)17(19,20)21)15(27)18(22,23)24/h4-9H,1-3H3/b13-9-. The summed E-state index contributed by atoms with van der Waals surface area (Å²) >= 11 is 0. The molecule has 2 rings (SSSR count). The van der Waals surface area contributed by atoms with Gasteiger partial charge in [-0.15, -0.1) is 0 Å². The van der Waals surface area contributed by atoms with Crippen LogP contribution in [0.1, 0.15) is 19.4 Å². The molecule has 1 heterocycles. The number of carbonyl (C=O) groups excluding carboxylic acids is 2. The van der Waals surface area contributed by atoms with Gasteiger partial charge in [0.25, 0.3) is 11.6 Å². The topological polar surface area (TPSA) is 37.4 Å². The van der Waals surface area contributed by atoms with Gasteiger partial charge in [-0.3, -0.25) is 9.59 Å². The Labute approximate surface area is 151 Å². The molecule has 146 valence electrons. The molecule has 0 aliphatic carbocycles. The lowest BCUT2D eigenvalue weighted by Crippen LogP contribution is -2.34. The number of hydrogen-bond acceptors (Lipinski definition) is 3. The maximum atomic E-state index is 12.7. The van der Waals surface area contributed by atoms with Crippen LogP contribution < -0.4 is 4.90 Å². The van der Waals surface area contributed by atoms with Crippen LogP contribution in [0, 0.1) is 0 Å². The van der Waals surface area contributed by atoms with Gasteiger partial charge in [0.15, 0.2) is 0 Å². The van der Waals surface area contributed by atoms with E-state index in [4.69, 9.17) is 0 Å². The average Bonchev–Trinajstić information content (AvgIpc) is 2.73. The van der Waals surface area contributed by atoms with E-state index >= 15 is 0 Å². The van der Waals surface area contributed by atoms with Gasteiger partial charge < -0.3 is 4.90 Å². The molecule has 0 amide bonds. The number of allylic oxidation sites excluding steroid dienone is 4. The van der Waals surface area contributed by atoms with Crippen molar-refractivity contribution in [3.63, 3.8) is 0 Å². The number of nitrogens with zero attached hydrogens (tertiary/aromatic N) is 1. The number of benzene rings is 1. The van der Waals surface area contributed by atoms with Crippen molar-refractivity contribution in [2.45, 2.75) is 31.6 Å². The molecule has 0 unspecified atom stereocenters. The Balaban J connectivity index is 2.59. The van der Waals surface area contributed by atoms with Gasteiger partial charge in [-0.05, 0) is 23.8 Å². The van der Waals surface area contributed by atoms with E-state index in [-0.39, 0.29) is 0 Å². The van der Waals surface area contributed by atoms with Crippen LogP contribution >= 0.6 is 0 Å². The van der Waals surface area contributed by atoms with Gasteiger partial charge in [0, 0.05) is 23.8 Å². The van der Waals surface area contributed by atoms with Crippen molar-refractivity contribution in [1.29, 1.82) is 0 Å². The maximum Gasteiger partial charge on any atom is 0.455 e. The summed E-state index contributed by atoms with van der Waals surface area (Å²) in [7, 11) is 1.59. The van der Waals surface area contributed by atoms with Crippen LogP contribution in [0.4, 0.5) is 32.0 Å². The molecule has 0 radical (unpaired) electrons. The number of halogens is 6. The van der Waals surface area contributed by atoms with E-state index in [0.717, 1.165) is 11.6 Å². The molecule has 0 saturated heterocycles. The van der Waals surface area contributed by atoms with Crippen molar-refractivity contribution in [3.05, 3.63) is 53.3 Å². The molecule has 1 aliphatic heterocycles. The third kappa shape index (κ3) is 3.77. The summed E-state index contributed by atoms with van der Waals surface area (Å²) in [5.41, 5.74) is -0.866. The first-order valence-electron chi connectivity index (χ1n) is 7.67. The first-order valence-corrected chi connectivity index (χ1v) is 7.67. The molecule has 3 nitrogen and oxygen atoms in total. The molecular formula is C18H15F6NO2. The number of fused-ring (bicyclic) bond motifs is 1. The molecule has 0 saturated carbocycles. The summed E-state index contributed by atoms with van der Waals surface area (Å²) < 4.78 is 75.9. The Kier molecular flexibility index (Phi) is 5.02. The Morgan fingerprint density at radius 3 is 1.89 bits per heavy atom. The van der Waals surface area contributed by atoms with E-state index in [0.29, 0.717) is 17.5 Å². The van der Waals surface area contributed by atoms with Gasteiger partial charge in [-0.2, -0.15) is 26.3 Å². The quantitative estimate of drug-likeness (QED) is 0.330. The fourth-order valence-corrected chi connectivity index (χ4v) is 3.02. The first-order chi connectivity index (χ1) is 12.2. The second-order valence-corrected chi connectivity index (χ2v) is 6.49. The van der Waals surface area contributed by atoms with E-state index in [2.05, 4.69) is 0 Å². The fraction of sp³-hybridized carbons (Fsp3) is 0.333. The molecule has 1 aromatic rings. The summed E-state index contributed by atoms with van der Waals surface area (Å²) in [6.07, 6.45) is -9.97. The van der Waals surface area contributed by atoms with Gasteiger partial charge in [-0.1, -0.05) is 32.0 Å². The van der Waals surface area contributed by atoms with Gasteiger partial charge >= 0.3 is 12.4 Å². The largest absolute Gasteiger partial charge is 0.455 e. The van der Waals surface area contributed by atoms with Crippen LogP contribution in [0.2, 0.25) is 0 Å².